The second-order valence-corrected chi connectivity index (χ2v) is 4.72. The number of aryl methyl sites for hydroxylation is 2. The van der Waals surface area contributed by atoms with Crippen molar-refractivity contribution >= 4 is 28.1 Å². The summed E-state index contributed by atoms with van der Waals surface area (Å²) in [5.74, 6) is -1.01. The first-order valence-corrected chi connectivity index (χ1v) is 5.78. The maximum absolute atomic E-state index is 11.0. The molecule has 2 aromatic rings. The molecule has 0 aliphatic carbocycles. The number of carboxylic acid groups (broad SMARTS) is 1. The summed E-state index contributed by atoms with van der Waals surface area (Å²) >= 11 is 1.49. The molecule has 2 heterocycles. The number of carboxylic acids is 1. The first-order chi connectivity index (χ1) is 8.08. The minimum Gasteiger partial charge on any atom is -0.478 e. The number of aromatic carboxylic acids is 1. The van der Waals surface area contributed by atoms with Gasteiger partial charge in [-0.15, -0.1) is 11.3 Å². The Morgan fingerprint density at radius 2 is 2.24 bits per heavy atom. The van der Waals surface area contributed by atoms with Gasteiger partial charge in [0, 0.05) is 17.3 Å². The summed E-state index contributed by atoms with van der Waals surface area (Å²) in [6.07, 6.45) is 2.86. The minimum atomic E-state index is -1.01. The van der Waals surface area contributed by atoms with Crippen molar-refractivity contribution in [2.45, 2.75) is 13.8 Å². The molecule has 0 unspecified atom stereocenters. The Kier molecular flexibility index (Phi) is 3.06. The van der Waals surface area contributed by atoms with E-state index in [1.807, 2.05) is 13.8 Å². The average molecular weight is 249 g/mol. The molecule has 0 radical (unpaired) electrons. The third kappa shape index (κ3) is 2.42. The number of thiazole rings is 1. The molecule has 0 amide bonds. The number of rotatable bonds is 3. The minimum absolute atomic E-state index is 0.137. The standard InChI is InChI=1S/C11H11N3O2S/c1-6-7(2)17-11(13-6)14-9-3-4-12-5-8(9)10(15)16/h3-5H,1-2H3,(H,15,16)(H,12,13,14). The van der Waals surface area contributed by atoms with Crippen LogP contribution in [0.2, 0.25) is 0 Å². The van der Waals surface area contributed by atoms with Gasteiger partial charge >= 0.3 is 5.97 Å². The van der Waals surface area contributed by atoms with Gasteiger partial charge in [-0.2, -0.15) is 0 Å². The molecule has 6 heteroatoms. The van der Waals surface area contributed by atoms with Gasteiger partial charge in [-0.25, -0.2) is 9.78 Å². The van der Waals surface area contributed by atoms with E-state index in [1.165, 1.54) is 17.5 Å². The summed E-state index contributed by atoms with van der Waals surface area (Å²) < 4.78 is 0. The van der Waals surface area contributed by atoms with E-state index in [0.29, 0.717) is 10.8 Å². The molecule has 0 saturated carbocycles. The fourth-order valence-corrected chi connectivity index (χ4v) is 2.14. The summed E-state index contributed by atoms with van der Waals surface area (Å²) in [4.78, 5) is 20.2. The van der Waals surface area contributed by atoms with Crippen LogP contribution in [0.15, 0.2) is 18.5 Å². The number of hydrogen-bond donors (Lipinski definition) is 2. The highest BCUT2D eigenvalue weighted by molar-refractivity contribution is 7.15. The van der Waals surface area contributed by atoms with Gasteiger partial charge in [0.1, 0.15) is 5.56 Å². The third-order valence-electron chi connectivity index (χ3n) is 2.32. The van der Waals surface area contributed by atoms with Gasteiger partial charge in [-0.1, -0.05) is 0 Å². The SMILES string of the molecule is Cc1nc(Nc2ccncc2C(=O)O)sc1C. The third-order valence-corrected chi connectivity index (χ3v) is 3.31. The average Bonchev–Trinajstić information content (AvgIpc) is 2.58. The smallest absolute Gasteiger partial charge is 0.339 e. The van der Waals surface area contributed by atoms with Crippen LogP contribution in [-0.4, -0.2) is 21.0 Å². The second-order valence-electron chi connectivity index (χ2n) is 3.51. The van der Waals surface area contributed by atoms with E-state index in [9.17, 15) is 4.79 Å². The molecule has 0 aromatic carbocycles. The van der Waals surface area contributed by atoms with Gasteiger partial charge in [0.2, 0.25) is 0 Å². The fourth-order valence-electron chi connectivity index (χ4n) is 1.32. The van der Waals surface area contributed by atoms with E-state index in [-0.39, 0.29) is 5.56 Å². The van der Waals surface area contributed by atoms with E-state index in [2.05, 4.69) is 15.3 Å². The van der Waals surface area contributed by atoms with Crippen LogP contribution < -0.4 is 5.32 Å². The highest BCUT2D eigenvalue weighted by Crippen LogP contribution is 2.26. The Bertz CT molecular complexity index is 546. The number of aromatic nitrogens is 2. The molecule has 17 heavy (non-hydrogen) atoms. The topological polar surface area (TPSA) is 75.1 Å². The number of hydrogen-bond acceptors (Lipinski definition) is 5. The van der Waals surface area contributed by atoms with E-state index in [1.54, 1.807) is 12.3 Å². The van der Waals surface area contributed by atoms with Crippen molar-refractivity contribution in [2.24, 2.45) is 0 Å². The second kappa shape index (κ2) is 4.50. The van der Waals surface area contributed by atoms with Crippen molar-refractivity contribution in [1.29, 1.82) is 0 Å². The van der Waals surface area contributed by atoms with E-state index >= 15 is 0 Å². The largest absolute Gasteiger partial charge is 0.478 e. The number of carbonyl (C=O) groups is 1. The molecule has 0 atom stereocenters. The molecule has 0 spiro atoms. The fraction of sp³-hybridized carbons (Fsp3) is 0.182. The van der Waals surface area contributed by atoms with Crippen molar-refractivity contribution in [3.63, 3.8) is 0 Å². The number of anilines is 2. The lowest BCUT2D eigenvalue weighted by Gasteiger charge is -2.05. The summed E-state index contributed by atoms with van der Waals surface area (Å²) in [6, 6.07) is 1.62. The summed E-state index contributed by atoms with van der Waals surface area (Å²) in [5.41, 5.74) is 1.59. The Morgan fingerprint density at radius 3 is 2.82 bits per heavy atom. The molecule has 0 fully saturated rings. The van der Waals surface area contributed by atoms with Crippen molar-refractivity contribution in [3.8, 4) is 0 Å². The van der Waals surface area contributed by atoms with Crippen LogP contribution in [0.25, 0.3) is 0 Å². The Labute approximate surface area is 102 Å². The molecule has 2 N–H and O–H groups in total. The van der Waals surface area contributed by atoms with Crippen LogP contribution in [0.3, 0.4) is 0 Å². The summed E-state index contributed by atoms with van der Waals surface area (Å²) in [5, 5.41) is 12.7. The van der Waals surface area contributed by atoms with Crippen LogP contribution in [0.1, 0.15) is 20.9 Å². The zero-order valence-corrected chi connectivity index (χ0v) is 10.2. The lowest BCUT2D eigenvalue weighted by atomic mass is 10.2. The Hall–Kier alpha value is -1.95. The van der Waals surface area contributed by atoms with Crippen LogP contribution in [0, 0.1) is 13.8 Å². The number of nitrogens with one attached hydrogen (secondary N) is 1. The van der Waals surface area contributed by atoms with Crippen molar-refractivity contribution in [1.82, 2.24) is 9.97 Å². The quantitative estimate of drug-likeness (QED) is 0.874. The predicted octanol–water partition coefficient (Wildman–Crippen LogP) is 2.60. The van der Waals surface area contributed by atoms with Crippen molar-refractivity contribution < 1.29 is 9.90 Å². The van der Waals surface area contributed by atoms with Gasteiger partial charge in [0.05, 0.1) is 11.4 Å². The lowest BCUT2D eigenvalue weighted by molar-refractivity contribution is 0.0697. The van der Waals surface area contributed by atoms with Gasteiger partial charge in [-0.05, 0) is 19.9 Å². The van der Waals surface area contributed by atoms with E-state index in [0.717, 1.165) is 10.6 Å². The molecule has 2 aromatic heterocycles. The molecule has 88 valence electrons. The maximum Gasteiger partial charge on any atom is 0.339 e. The Balaban J connectivity index is 2.33. The zero-order valence-electron chi connectivity index (χ0n) is 9.39. The summed E-state index contributed by atoms with van der Waals surface area (Å²) in [7, 11) is 0. The van der Waals surface area contributed by atoms with Crippen LogP contribution in [-0.2, 0) is 0 Å². The summed E-state index contributed by atoms with van der Waals surface area (Å²) in [6.45, 7) is 3.89. The molecule has 5 nitrogen and oxygen atoms in total. The number of nitrogens with zero attached hydrogens (tertiary/aromatic N) is 2. The van der Waals surface area contributed by atoms with Crippen LogP contribution in [0.5, 0.6) is 0 Å². The molecule has 0 bridgehead atoms. The van der Waals surface area contributed by atoms with Gasteiger partial charge in [-0.3, -0.25) is 4.98 Å². The lowest BCUT2D eigenvalue weighted by Crippen LogP contribution is -2.03. The first kappa shape index (κ1) is 11.5. The van der Waals surface area contributed by atoms with E-state index in [4.69, 9.17) is 5.11 Å². The van der Waals surface area contributed by atoms with Gasteiger partial charge < -0.3 is 10.4 Å². The van der Waals surface area contributed by atoms with Gasteiger partial charge in [0.15, 0.2) is 5.13 Å². The highest BCUT2D eigenvalue weighted by Gasteiger charge is 2.11. The predicted molar refractivity (Wildman–Crippen MR) is 66.1 cm³/mol. The van der Waals surface area contributed by atoms with Crippen LogP contribution in [0.4, 0.5) is 10.8 Å². The molecule has 0 aliphatic rings. The molecular weight excluding hydrogens is 238 g/mol. The normalized spacial score (nSPS) is 10.2. The maximum atomic E-state index is 11.0. The highest BCUT2D eigenvalue weighted by atomic mass is 32.1. The molecule has 0 aliphatic heterocycles. The Morgan fingerprint density at radius 1 is 1.47 bits per heavy atom. The molecular formula is C11H11N3O2S. The zero-order chi connectivity index (χ0) is 12.4. The van der Waals surface area contributed by atoms with Crippen molar-refractivity contribution in [2.75, 3.05) is 5.32 Å². The number of pyridine rings is 1. The van der Waals surface area contributed by atoms with Crippen LogP contribution >= 0.6 is 11.3 Å². The molecule has 2 rings (SSSR count). The van der Waals surface area contributed by atoms with Gasteiger partial charge in [0.25, 0.3) is 0 Å². The van der Waals surface area contributed by atoms with Crippen molar-refractivity contribution in [3.05, 3.63) is 34.6 Å². The monoisotopic (exact) mass is 249 g/mol. The molecule has 0 saturated heterocycles. The first-order valence-electron chi connectivity index (χ1n) is 4.96. The van der Waals surface area contributed by atoms with E-state index < -0.39 is 5.97 Å².